The van der Waals surface area contributed by atoms with E-state index in [1.54, 1.807) is 19.2 Å². The quantitative estimate of drug-likeness (QED) is 0.322. The number of anilines is 1. The van der Waals surface area contributed by atoms with Gasteiger partial charge in [-0.3, -0.25) is 4.90 Å². The second kappa shape index (κ2) is 11.0. The van der Waals surface area contributed by atoms with Crippen molar-refractivity contribution in [3.8, 4) is 23.1 Å². The lowest BCUT2D eigenvalue weighted by molar-refractivity contribution is -0.138. The second-order valence-electron chi connectivity index (χ2n) is 9.11. The number of alkyl halides is 3. The minimum atomic E-state index is -4.64. The molecule has 0 unspecified atom stereocenters. The fourth-order valence-corrected chi connectivity index (χ4v) is 4.91. The number of aromatic nitrogens is 5. The predicted octanol–water partition coefficient (Wildman–Crippen LogP) is 4.86. The Balaban J connectivity index is 1.24. The van der Waals surface area contributed by atoms with E-state index in [4.69, 9.17) is 16.3 Å². The summed E-state index contributed by atoms with van der Waals surface area (Å²) in [6.45, 7) is 5.62. The molecule has 0 spiro atoms. The molecule has 1 N–H and O–H groups in total. The van der Waals surface area contributed by atoms with E-state index in [-0.39, 0.29) is 34.8 Å². The summed E-state index contributed by atoms with van der Waals surface area (Å²) in [6, 6.07) is 9.34. The number of nitrogens with zero attached hydrogens (tertiary/aromatic N) is 7. The van der Waals surface area contributed by atoms with E-state index in [2.05, 4.69) is 35.2 Å². The molecule has 1 aromatic carbocycles. The zero-order valence-corrected chi connectivity index (χ0v) is 21.7. The molecule has 4 aromatic rings. The molecular weight excluding hydrogens is 533 g/mol. The maximum absolute atomic E-state index is 14.0. The minimum absolute atomic E-state index is 0.0165. The number of benzene rings is 1. The molecule has 1 aliphatic heterocycles. The minimum Gasteiger partial charge on any atom is -0.493 e. The first-order chi connectivity index (χ1) is 18.8. The van der Waals surface area contributed by atoms with Gasteiger partial charge in [-0.25, -0.2) is 9.97 Å². The topological polar surface area (TPSA) is 107 Å². The van der Waals surface area contributed by atoms with Crippen molar-refractivity contribution in [3.05, 3.63) is 58.4 Å². The van der Waals surface area contributed by atoms with Crippen molar-refractivity contribution in [2.45, 2.75) is 19.5 Å². The molecule has 4 heterocycles. The van der Waals surface area contributed by atoms with Crippen LogP contribution in [0.2, 0.25) is 5.02 Å². The van der Waals surface area contributed by atoms with E-state index < -0.39 is 11.7 Å². The van der Waals surface area contributed by atoms with Gasteiger partial charge in [-0.1, -0.05) is 11.6 Å². The fraction of sp³-hybridized carbons (Fsp3) is 0.346. The Morgan fingerprint density at radius 2 is 1.90 bits per heavy atom. The van der Waals surface area contributed by atoms with E-state index in [0.29, 0.717) is 29.1 Å². The second-order valence-corrected chi connectivity index (χ2v) is 9.52. The Kier molecular flexibility index (Phi) is 7.54. The summed E-state index contributed by atoms with van der Waals surface area (Å²) in [5, 5.41) is 20.4. The summed E-state index contributed by atoms with van der Waals surface area (Å²) in [7, 11) is 0. The highest BCUT2D eigenvalue weighted by molar-refractivity contribution is 6.32. The summed E-state index contributed by atoms with van der Waals surface area (Å²) in [4.78, 5) is 13.0. The van der Waals surface area contributed by atoms with Gasteiger partial charge in [0.2, 0.25) is 0 Å². The van der Waals surface area contributed by atoms with Gasteiger partial charge >= 0.3 is 6.18 Å². The molecule has 0 aliphatic carbocycles. The summed E-state index contributed by atoms with van der Waals surface area (Å²) in [5.41, 5.74) is 0.699. The highest BCUT2D eigenvalue weighted by Gasteiger charge is 2.35. The third-order valence-electron chi connectivity index (χ3n) is 6.66. The monoisotopic (exact) mass is 556 g/mol. The largest absolute Gasteiger partial charge is 0.493 e. The molecule has 13 heteroatoms. The molecule has 0 amide bonds. The number of aromatic amines is 1. The van der Waals surface area contributed by atoms with Crippen molar-refractivity contribution in [2.24, 2.45) is 0 Å². The van der Waals surface area contributed by atoms with Crippen molar-refractivity contribution in [1.82, 2.24) is 30.3 Å². The Bertz CT molecular complexity index is 1530. The summed E-state index contributed by atoms with van der Waals surface area (Å²) >= 11 is 6.25. The lowest BCUT2D eigenvalue weighted by atomic mass is 10.0. The number of hydrogen-bond acceptors (Lipinski definition) is 8. The maximum Gasteiger partial charge on any atom is 0.419 e. The van der Waals surface area contributed by atoms with Crippen LogP contribution in [0.15, 0.2) is 36.5 Å². The van der Waals surface area contributed by atoms with Gasteiger partial charge in [0.15, 0.2) is 5.69 Å². The Morgan fingerprint density at radius 3 is 2.62 bits per heavy atom. The van der Waals surface area contributed by atoms with Crippen LogP contribution >= 0.6 is 11.6 Å². The normalized spacial score (nSPS) is 14.5. The van der Waals surface area contributed by atoms with Crippen LogP contribution in [0.4, 0.5) is 19.0 Å². The number of halogens is 4. The van der Waals surface area contributed by atoms with Crippen molar-refractivity contribution in [2.75, 3.05) is 44.2 Å². The molecule has 1 fully saturated rings. The van der Waals surface area contributed by atoms with Crippen molar-refractivity contribution in [1.29, 1.82) is 5.26 Å². The SMILES string of the molecule is Cc1c(-c2ccc(OCCCN3CCN(c4ncccc4Cl)CC3)c(C(F)(F)F)c2)nc(C#N)c2n[nH]nc12. The molecule has 0 bridgehead atoms. The first kappa shape index (κ1) is 26.6. The Hall–Kier alpha value is -3.95. The third kappa shape index (κ3) is 5.60. The number of H-pyrrole nitrogens is 1. The molecule has 1 saturated heterocycles. The number of fused-ring (bicyclic) bond motifs is 1. The van der Waals surface area contributed by atoms with Crippen molar-refractivity contribution in [3.63, 3.8) is 0 Å². The van der Waals surface area contributed by atoms with Gasteiger partial charge < -0.3 is 9.64 Å². The van der Waals surface area contributed by atoms with E-state index >= 15 is 0 Å². The zero-order chi connectivity index (χ0) is 27.6. The number of hydrogen-bond donors (Lipinski definition) is 1. The Morgan fingerprint density at radius 1 is 1.13 bits per heavy atom. The lowest BCUT2D eigenvalue weighted by Crippen LogP contribution is -2.47. The molecule has 202 valence electrons. The molecule has 9 nitrogen and oxygen atoms in total. The van der Waals surface area contributed by atoms with E-state index in [1.807, 2.05) is 12.1 Å². The number of piperazine rings is 1. The van der Waals surface area contributed by atoms with Gasteiger partial charge in [-0.15, -0.1) is 0 Å². The van der Waals surface area contributed by atoms with Crippen molar-refractivity contribution < 1.29 is 17.9 Å². The summed E-state index contributed by atoms with van der Waals surface area (Å²) in [6.07, 6.45) is -2.36. The number of aryl methyl sites for hydroxylation is 1. The number of nitrogens with one attached hydrogen (secondary N) is 1. The van der Waals surface area contributed by atoms with Crippen LogP contribution in [0, 0.1) is 18.3 Å². The van der Waals surface area contributed by atoms with Gasteiger partial charge in [0, 0.05) is 50.0 Å². The first-order valence-electron chi connectivity index (χ1n) is 12.3. The number of pyridine rings is 2. The van der Waals surface area contributed by atoms with Crippen LogP contribution in [0.1, 0.15) is 23.2 Å². The molecular formula is C26H24ClF3N8O. The van der Waals surface area contributed by atoms with E-state index in [1.165, 1.54) is 12.1 Å². The van der Waals surface area contributed by atoms with Gasteiger partial charge in [-0.2, -0.15) is 33.8 Å². The average Bonchev–Trinajstić information content (AvgIpc) is 3.43. The fourth-order valence-electron chi connectivity index (χ4n) is 4.67. The summed E-state index contributed by atoms with van der Waals surface area (Å²) in [5.74, 6) is 0.516. The highest BCUT2D eigenvalue weighted by Crippen LogP contribution is 2.39. The number of nitriles is 1. The molecule has 3 aromatic heterocycles. The van der Waals surface area contributed by atoms with Gasteiger partial charge in [0.1, 0.15) is 28.7 Å². The molecule has 1 aliphatic rings. The van der Waals surface area contributed by atoms with Crippen LogP contribution in [-0.2, 0) is 6.18 Å². The van der Waals surface area contributed by atoms with Crippen LogP contribution in [0.5, 0.6) is 5.75 Å². The molecule has 5 rings (SSSR count). The maximum atomic E-state index is 14.0. The smallest absolute Gasteiger partial charge is 0.419 e. The average molecular weight is 557 g/mol. The van der Waals surface area contributed by atoms with Crippen LogP contribution in [0.3, 0.4) is 0 Å². The molecule has 0 saturated carbocycles. The molecule has 0 radical (unpaired) electrons. The van der Waals surface area contributed by atoms with Crippen LogP contribution < -0.4 is 9.64 Å². The Labute approximate surface area is 227 Å². The predicted molar refractivity (Wildman–Crippen MR) is 140 cm³/mol. The number of ether oxygens (including phenoxy) is 1. The van der Waals surface area contributed by atoms with Gasteiger partial charge in [0.05, 0.1) is 22.9 Å². The highest BCUT2D eigenvalue weighted by atomic mass is 35.5. The van der Waals surface area contributed by atoms with E-state index in [0.717, 1.165) is 38.1 Å². The third-order valence-corrected chi connectivity index (χ3v) is 6.95. The molecule has 0 atom stereocenters. The van der Waals surface area contributed by atoms with E-state index in [9.17, 15) is 18.4 Å². The van der Waals surface area contributed by atoms with Crippen LogP contribution in [0.25, 0.3) is 22.3 Å². The van der Waals surface area contributed by atoms with Gasteiger partial charge in [0.25, 0.3) is 0 Å². The standard InChI is InChI=1S/C26H24ClF3N8O/c1-16-22(33-20(15-31)24-23(16)34-36-35-24)17-5-6-21(18(14-17)26(28,29)30)39-13-3-8-37-9-11-38(12-10-37)25-19(27)4-2-7-32-25/h2,4-7,14H,3,8-13H2,1H3,(H,34,35,36). The number of rotatable bonds is 7. The lowest BCUT2D eigenvalue weighted by Gasteiger charge is -2.35. The van der Waals surface area contributed by atoms with Crippen molar-refractivity contribution >= 4 is 28.5 Å². The van der Waals surface area contributed by atoms with Crippen LogP contribution in [-0.4, -0.2) is 69.6 Å². The first-order valence-corrected chi connectivity index (χ1v) is 12.7. The van der Waals surface area contributed by atoms with Gasteiger partial charge in [-0.05, 0) is 43.7 Å². The molecule has 39 heavy (non-hydrogen) atoms. The zero-order valence-electron chi connectivity index (χ0n) is 21.0. The summed E-state index contributed by atoms with van der Waals surface area (Å²) < 4.78 is 47.6.